The summed E-state index contributed by atoms with van der Waals surface area (Å²) in [6.45, 7) is 0. The van der Waals surface area contributed by atoms with E-state index in [0.717, 1.165) is 0 Å². The monoisotopic (exact) mass is 271 g/mol. The molecule has 6 nitrogen and oxygen atoms in total. The third kappa shape index (κ3) is 2.50. The molecule has 7 heteroatoms. The maximum atomic E-state index is 11.8. The van der Waals surface area contributed by atoms with E-state index in [4.69, 9.17) is 0 Å². The number of hydrogen-bond acceptors (Lipinski definition) is 5. The summed E-state index contributed by atoms with van der Waals surface area (Å²) in [5.41, 5.74) is 0.558. The standard InChI is InChI=1S/C12H9N5OS/c18-11(10-2-1-5-19-10)16-9-6-14-12(15-7-9)17-4-3-13-8-17/h1-8H,(H,16,18). The maximum absolute atomic E-state index is 11.8. The zero-order chi connectivity index (χ0) is 13.1. The fourth-order valence-corrected chi connectivity index (χ4v) is 2.12. The summed E-state index contributed by atoms with van der Waals surface area (Å²) in [7, 11) is 0. The van der Waals surface area contributed by atoms with E-state index in [0.29, 0.717) is 16.5 Å². The van der Waals surface area contributed by atoms with Crippen LogP contribution in [0.25, 0.3) is 5.95 Å². The summed E-state index contributed by atoms with van der Waals surface area (Å²) in [6.07, 6.45) is 8.13. The lowest BCUT2D eigenvalue weighted by molar-refractivity contribution is 0.103. The highest BCUT2D eigenvalue weighted by Gasteiger charge is 2.07. The Morgan fingerprint density at radius 2 is 2.16 bits per heavy atom. The minimum atomic E-state index is -0.158. The average Bonchev–Trinajstić information content (AvgIpc) is 3.13. The van der Waals surface area contributed by atoms with E-state index < -0.39 is 0 Å². The molecule has 19 heavy (non-hydrogen) atoms. The lowest BCUT2D eigenvalue weighted by Crippen LogP contribution is -2.11. The number of nitrogens with zero attached hydrogens (tertiary/aromatic N) is 4. The normalized spacial score (nSPS) is 10.3. The Morgan fingerprint density at radius 1 is 1.32 bits per heavy atom. The zero-order valence-electron chi connectivity index (χ0n) is 9.72. The van der Waals surface area contributed by atoms with Crippen LogP contribution in [0.5, 0.6) is 0 Å². The second kappa shape index (κ2) is 4.99. The van der Waals surface area contributed by atoms with Gasteiger partial charge in [-0.3, -0.25) is 9.36 Å². The van der Waals surface area contributed by atoms with Crippen molar-refractivity contribution in [2.75, 3.05) is 5.32 Å². The van der Waals surface area contributed by atoms with E-state index in [-0.39, 0.29) is 5.91 Å². The Kier molecular flexibility index (Phi) is 3.03. The number of carbonyl (C=O) groups excluding carboxylic acids is 1. The number of aromatic nitrogens is 4. The summed E-state index contributed by atoms with van der Waals surface area (Å²) in [5.74, 6) is 0.348. The second-order valence-electron chi connectivity index (χ2n) is 3.67. The first kappa shape index (κ1) is 11.5. The molecule has 3 heterocycles. The molecule has 0 fully saturated rings. The van der Waals surface area contributed by atoms with Crippen molar-refractivity contribution in [1.82, 2.24) is 19.5 Å². The molecule has 94 valence electrons. The predicted molar refractivity (Wildman–Crippen MR) is 71.4 cm³/mol. The van der Waals surface area contributed by atoms with Gasteiger partial charge in [0.15, 0.2) is 0 Å². The molecule has 3 aromatic heterocycles. The Morgan fingerprint density at radius 3 is 2.79 bits per heavy atom. The number of rotatable bonds is 3. The Hall–Kier alpha value is -2.54. The molecule has 0 aliphatic rings. The number of hydrogen-bond donors (Lipinski definition) is 1. The van der Waals surface area contributed by atoms with E-state index in [1.54, 1.807) is 41.7 Å². The average molecular weight is 271 g/mol. The van der Waals surface area contributed by atoms with Gasteiger partial charge in [0.05, 0.1) is 23.0 Å². The molecule has 0 saturated carbocycles. The largest absolute Gasteiger partial charge is 0.319 e. The molecular formula is C12H9N5OS. The van der Waals surface area contributed by atoms with Gasteiger partial charge in [0.2, 0.25) is 5.95 Å². The molecule has 0 bridgehead atoms. The summed E-state index contributed by atoms with van der Waals surface area (Å²) in [5, 5.41) is 4.59. The number of amides is 1. The summed E-state index contributed by atoms with van der Waals surface area (Å²) >= 11 is 1.39. The van der Waals surface area contributed by atoms with E-state index in [1.165, 1.54) is 11.3 Å². The van der Waals surface area contributed by atoms with Crippen LogP contribution in [-0.2, 0) is 0 Å². The maximum Gasteiger partial charge on any atom is 0.265 e. The van der Waals surface area contributed by atoms with Crippen molar-refractivity contribution >= 4 is 22.9 Å². The first-order chi connectivity index (χ1) is 9.33. The third-order valence-corrected chi connectivity index (χ3v) is 3.25. The van der Waals surface area contributed by atoms with Gasteiger partial charge < -0.3 is 5.32 Å². The van der Waals surface area contributed by atoms with Crippen molar-refractivity contribution in [3.8, 4) is 5.95 Å². The molecule has 1 N–H and O–H groups in total. The van der Waals surface area contributed by atoms with Crippen molar-refractivity contribution < 1.29 is 4.79 Å². The van der Waals surface area contributed by atoms with Gasteiger partial charge in [-0.25, -0.2) is 15.0 Å². The molecular weight excluding hydrogens is 262 g/mol. The SMILES string of the molecule is O=C(Nc1cnc(-n2ccnc2)nc1)c1cccs1. The van der Waals surface area contributed by atoms with Gasteiger partial charge in [0, 0.05) is 12.4 Å². The Balaban J connectivity index is 1.75. The van der Waals surface area contributed by atoms with E-state index in [1.807, 2.05) is 11.4 Å². The van der Waals surface area contributed by atoms with Gasteiger partial charge >= 0.3 is 0 Å². The highest BCUT2D eigenvalue weighted by Crippen LogP contribution is 2.12. The first-order valence-corrected chi connectivity index (χ1v) is 6.36. The van der Waals surface area contributed by atoms with E-state index in [9.17, 15) is 4.79 Å². The van der Waals surface area contributed by atoms with E-state index >= 15 is 0 Å². The van der Waals surface area contributed by atoms with Gasteiger partial charge in [-0.05, 0) is 11.4 Å². The van der Waals surface area contributed by atoms with Crippen molar-refractivity contribution in [3.05, 3.63) is 53.5 Å². The van der Waals surface area contributed by atoms with Crippen LogP contribution in [0, 0.1) is 0 Å². The van der Waals surface area contributed by atoms with Gasteiger partial charge in [0.1, 0.15) is 6.33 Å². The van der Waals surface area contributed by atoms with Gasteiger partial charge in [-0.1, -0.05) is 6.07 Å². The van der Waals surface area contributed by atoms with E-state index in [2.05, 4.69) is 20.3 Å². The molecule has 0 aliphatic heterocycles. The van der Waals surface area contributed by atoms with Crippen molar-refractivity contribution in [2.45, 2.75) is 0 Å². The number of imidazole rings is 1. The van der Waals surface area contributed by atoms with Crippen LogP contribution in [0.4, 0.5) is 5.69 Å². The van der Waals surface area contributed by atoms with Gasteiger partial charge in [-0.15, -0.1) is 11.3 Å². The van der Waals surface area contributed by atoms with Crippen LogP contribution in [0.15, 0.2) is 48.6 Å². The molecule has 1 amide bonds. The predicted octanol–water partition coefficient (Wildman–Crippen LogP) is 1.98. The quantitative estimate of drug-likeness (QED) is 0.790. The minimum absolute atomic E-state index is 0.158. The molecule has 0 aromatic carbocycles. The fourth-order valence-electron chi connectivity index (χ4n) is 1.50. The molecule has 0 unspecified atom stereocenters. The van der Waals surface area contributed by atoms with Gasteiger partial charge in [-0.2, -0.15) is 0 Å². The number of nitrogens with one attached hydrogen (secondary N) is 1. The van der Waals surface area contributed by atoms with Crippen LogP contribution >= 0.6 is 11.3 Å². The highest BCUT2D eigenvalue weighted by molar-refractivity contribution is 7.12. The van der Waals surface area contributed by atoms with Crippen LogP contribution in [0.3, 0.4) is 0 Å². The van der Waals surface area contributed by atoms with Crippen LogP contribution in [-0.4, -0.2) is 25.4 Å². The first-order valence-electron chi connectivity index (χ1n) is 5.48. The zero-order valence-corrected chi connectivity index (χ0v) is 10.5. The molecule has 0 radical (unpaired) electrons. The van der Waals surface area contributed by atoms with Crippen LogP contribution in [0.2, 0.25) is 0 Å². The molecule has 0 aliphatic carbocycles. The number of thiophene rings is 1. The lowest BCUT2D eigenvalue weighted by Gasteiger charge is -2.04. The Bertz CT molecular complexity index is 661. The number of carbonyl (C=O) groups is 1. The van der Waals surface area contributed by atoms with Crippen LogP contribution < -0.4 is 5.32 Å². The smallest absolute Gasteiger partial charge is 0.265 e. The van der Waals surface area contributed by atoms with Crippen molar-refractivity contribution in [2.24, 2.45) is 0 Å². The second-order valence-corrected chi connectivity index (χ2v) is 4.62. The van der Waals surface area contributed by atoms with Crippen molar-refractivity contribution in [1.29, 1.82) is 0 Å². The minimum Gasteiger partial charge on any atom is -0.319 e. The fraction of sp³-hybridized carbons (Fsp3) is 0. The molecule has 0 saturated heterocycles. The summed E-state index contributed by atoms with van der Waals surface area (Å²) < 4.78 is 1.69. The molecule has 3 rings (SSSR count). The van der Waals surface area contributed by atoms with Crippen LogP contribution in [0.1, 0.15) is 9.67 Å². The van der Waals surface area contributed by atoms with Gasteiger partial charge in [0.25, 0.3) is 5.91 Å². The van der Waals surface area contributed by atoms with Crippen molar-refractivity contribution in [3.63, 3.8) is 0 Å². The molecule has 0 spiro atoms. The molecule has 0 atom stereocenters. The third-order valence-electron chi connectivity index (χ3n) is 2.38. The highest BCUT2D eigenvalue weighted by atomic mass is 32.1. The topological polar surface area (TPSA) is 72.7 Å². The summed E-state index contributed by atoms with van der Waals surface area (Å²) in [6, 6.07) is 3.60. The Labute approximate surface area is 112 Å². The molecule has 3 aromatic rings. The number of anilines is 1. The summed E-state index contributed by atoms with van der Waals surface area (Å²) in [4.78, 5) is 24.7. The lowest BCUT2D eigenvalue weighted by atomic mass is 10.4.